The van der Waals surface area contributed by atoms with E-state index >= 15 is 0 Å². The van der Waals surface area contributed by atoms with Crippen LogP contribution < -0.4 is 4.74 Å². The number of hydrogen-bond acceptors (Lipinski definition) is 5. The minimum Gasteiger partial charge on any atom is -0.486 e. The summed E-state index contributed by atoms with van der Waals surface area (Å²) in [6.07, 6.45) is 1.25. The SMILES string of the molecule is CC(C)(C)OC(=O)N1CCC2(CC1)Cc1cc(C(=O)O)c(C(=O)O)cc1O2. The molecule has 2 heterocycles. The molecule has 0 atom stereocenters. The number of fused-ring (bicyclic) bond motifs is 1. The van der Waals surface area contributed by atoms with Gasteiger partial charge in [-0.3, -0.25) is 0 Å². The van der Waals surface area contributed by atoms with Crippen LogP contribution in [-0.4, -0.2) is 57.4 Å². The molecule has 27 heavy (non-hydrogen) atoms. The maximum atomic E-state index is 12.2. The fourth-order valence-electron chi connectivity index (χ4n) is 3.53. The molecule has 1 saturated heterocycles. The fraction of sp³-hybridized carbons (Fsp3) is 0.526. The van der Waals surface area contributed by atoms with Crippen LogP contribution in [0.5, 0.6) is 5.75 Å². The Kier molecular flexibility index (Phi) is 4.53. The second-order valence-corrected chi connectivity index (χ2v) is 8.05. The smallest absolute Gasteiger partial charge is 0.410 e. The predicted octanol–water partition coefficient (Wildman–Crippen LogP) is 2.79. The molecule has 1 spiro atoms. The number of carboxylic acid groups (broad SMARTS) is 2. The van der Waals surface area contributed by atoms with Crippen molar-refractivity contribution in [3.05, 3.63) is 28.8 Å². The molecule has 3 rings (SSSR count). The van der Waals surface area contributed by atoms with Crippen molar-refractivity contribution in [1.82, 2.24) is 4.90 Å². The quantitative estimate of drug-likeness (QED) is 0.814. The van der Waals surface area contributed by atoms with E-state index < -0.39 is 23.1 Å². The lowest BCUT2D eigenvalue weighted by Crippen LogP contribution is -2.50. The zero-order chi connectivity index (χ0) is 20.0. The Morgan fingerprint density at radius 3 is 2.15 bits per heavy atom. The van der Waals surface area contributed by atoms with Crippen LogP contribution in [-0.2, 0) is 11.2 Å². The highest BCUT2D eigenvalue weighted by atomic mass is 16.6. The van der Waals surface area contributed by atoms with Crippen molar-refractivity contribution in [3.8, 4) is 5.75 Å². The van der Waals surface area contributed by atoms with E-state index in [2.05, 4.69) is 0 Å². The number of piperidine rings is 1. The first-order chi connectivity index (χ1) is 12.5. The number of likely N-dealkylation sites (tertiary alicyclic amines) is 1. The summed E-state index contributed by atoms with van der Waals surface area (Å²) < 4.78 is 11.4. The molecular weight excluding hydrogens is 354 g/mol. The lowest BCUT2D eigenvalue weighted by molar-refractivity contribution is -0.00894. The Bertz CT molecular complexity index is 756. The summed E-state index contributed by atoms with van der Waals surface area (Å²) >= 11 is 0. The van der Waals surface area contributed by atoms with Gasteiger partial charge in [-0.05, 0) is 38.5 Å². The number of nitrogens with zero attached hydrogens (tertiary/aromatic N) is 1. The van der Waals surface area contributed by atoms with Crippen molar-refractivity contribution in [2.45, 2.75) is 51.2 Å². The molecule has 146 valence electrons. The van der Waals surface area contributed by atoms with E-state index in [9.17, 15) is 24.6 Å². The van der Waals surface area contributed by atoms with Gasteiger partial charge in [0.25, 0.3) is 0 Å². The van der Waals surface area contributed by atoms with Gasteiger partial charge in [-0.25, -0.2) is 14.4 Å². The van der Waals surface area contributed by atoms with Gasteiger partial charge in [0.15, 0.2) is 0 Å². The van der Waals surface area contributed by atoms with Gasteiger partial charge in [0, 0.05) is 32.4 Å². The average Bonchev–Trinajstić information content (AvgIpc) is 2.89. The van der Waals surface area contributed by atoms with Crippen LogP contribution in [0.25, 0.3) is 0 Å². The lowest BCUT2D eigenvalue weighted by Gasteiger charge is -2.39. The van der Waals surface area contributed by atoms with E-state index in [4.69, 9.17) is 9.47 Å². The highest BCUT2D eigenvalue weighted by molar-refractivity contribution is 6.02. The zero-order valence-electron chi connectivity index (χ0n) is 15.6. The van der Waals surface area contributed by atoms with Crippen molar-refractivity contribution < 1.29 is 34.1 Å². The Morgan fingerprint density at radius 1 is 1.07 bits per heavy atom. The van der Waals surface area contributed by atoms with Gasteiger partial charge in [0.1, 0.15) is 17.0 Å². The number of benzene rings is 1. The number of ether oxygens (including phenoxy) is 2. The molecule has 0 radical (unpaired) electrons. The predicted molar refractivity (Wildman–Crippen MR) is 94.5 cm³/mol. The summed E-state index contributed by atoms with van der Waals surface area (Å²) in [5.74, 6) is -2.18. The van der Waals surface area contributed by atoms with Gasteiger partial charge in [0.2, 0.25) is 0 Å². The van der Waals surface area contributed by atoms with Crippen LogP contribution in [0.3, 0.4) is 0 Å². The van der Waals surface area contributed by atoms with Crippen LogP contribution in [0.2, 0.25) is 0 Å². The average molecular weight is 377 g/mol. The molecule has 0 saturated carbocycles. The maximum absolute atomic E-state index is 12.2. The Morgan fingerprint density at radius 2 is 1.63 bits per heavy atom. The summed E-state index contributed by atoms with van der Waals surface area (Å²) in [5.41, 5.74) is -0.957. The molecule has 8 heteroatoms. The largest absolute Gasteiger partial charge is 0.486 e. The Balaban J connectivity index is 1.74. The highest BCUT2D eigenvalue weighted by Crippen LogP contribution is 2.42. The van der Waals surface area contributed by atoms with Crippen LogP contribution in [0.1, 0.15) is 59.9 Å². The van der Waals surface area contributed by atoms with Crippen molar-refractivity contribution >= 4 is 18.0 Å². The number of carbonyl (C=O) groups excluding carboxylic acids is 1. The van der Waals surface area contributed by atoms with E-state index in [-0.39, 0.29) is 17.2 Å². The highest BCUT2D eigenvalue weighted by Gasteiger charge is 2.44. The number of hydrogen-bond donors (Lipinski definition) is 2. The molecule has 0 bridgehead atoms. The monoisotopic (exact) mass is 377 g/mol. The van der Waals surface area contributed by atoms with Gasteiger partial charge in [0.05, 0.1) is 11.1 Å². The molecule has 1 fully saturated rings. The summed E-state index contributed by atoms with van der Waals surface area (Å²) in [7, 11) is 0. The first-order valence-corrected chi connectivity index (χ1v) is 8.80. The van der Waals surface area contributed by atoms with Gasteiger partial charge in [-0.1, -0.05) is 0 Å². The molecule has 0 unspecified atom stereocenters. The molecular formula is C19H23NO7. The summed E-state index contributed by atoms with van der Waals surface area (Å²) in [6.45, 7) is 6.36. The van der Waals surface area contributed by atoms with Crippen molar-refractivity contribution in [1.29, 1.82) is 0 Å². The topological polar surface area (TPSA) is 113 Å². The molecule has 1 aromatic rings. The van der Waals surface area contributed by atoms with Crippen molar-refractivity contribution in [3.63, 3.8) is 0 Å². The minimum atomic E-state index is -1.31. The summed E-state index contributed by atoms with van der Waals surface area (Å²) in [4.78, 5) is 36.6. The molecule has 0 aromatic heterocycles. The normalized spacial score (nSPS) is 18.0. The van der Waals surface area contributed by atoms with Gasteiger partial charge in [-0.15, -0.1) is 0 Å². The fourth-order valence-corrected chi connectivity index (χ4v) is 3.53. The first-order valence-electron chi connectivity index (χ1n) is 8.80. The third-order valence-corrected chi connectivity index (χ3v) is 4.83. The molecule has 2 aliphatic rings. The number of aromatic carboxylic acids is 2. The lowest BCUT2D eigenvalue weighted by atomic mass is 9.86. The second kappa shape index (κ2) is 6.44. The summed E-state index contributed by atoms with van der Waals surface area (Å²) in [6, 6.07) is 2.67. The van der Waals surface area contributed by atoms with E-state index in [1.807, 2.05) is 20.8 Å². The maximum Gasteiger partial charge on any atom is 0.410 e. The summed E-state index contributed by atoms with van der Waals surface area (Å²) in [5, 5.41) is 18.5. The molecule has 2 aliphatic heterocycles. The van der Waals surface area contributed by atoms with Crippen LogP contribution in [0.15, 0.2) is 12.1 Å². The first kappa shape index (κ1) is 19.0. The molecule has 1 aromatic carbocycles. The number of rotatable bonds is 2. The molecule has 2 N–H and O–H groups in total. The van der Waals surface area contributed by atoms with Crippen LogP contribution in [0.4, 0.5) is 4.79 Å². The van der Waals surface area contributed by atoms with Gasteiger partial charge < -0.3 is 24.6 Å². The van der Waals surface area contributed by atoms with Crippen molar-refractivity contribution in [2.75, 3.05) is 13.1 Å². The minimum absolute atomic E-state index is 0.243. The number of carbonyl (C=O) groups is 3. The number of carboxylic acids is 2. The van der Waals surface area contributed by atoms with Crippen LogP contribution >= 0.6 is 0 Å². The third kappa shape index (κ3) is 3.84. The van der Waals surface area contributed by atoms with E-state index in [0.717, 1.165) is 0 Å². The van der Waals surface area contributed by atoms with Gasteiger partial charge >= 0.3 is 18.0 Å². The Hall–Kier alpha value is -2.77. The third-order valence-electron chi connectivity index (χ3n) is 4.83. The molecule has 1 amide bonds. The van der Waals surface area contributed by atoms with E-state index in [1.54, 1.807) is 4.90 Å². The van der Waals surface area contributed by atoms with Gasteiger partial charge in [-0.2, -0.15) is 0 Å². The van der Waals surface area contributed by atoms with Crippen molar-refractivity contribution in [2.24, 2.45) is 0 Å². The van der Waals surface area contributed by atoms with E-state index in [1.165, 1.54) is 12.1 Å². The standard InChI is InChI=1S/C19H23NO7/c1-18(2,3)27-17(25)20-6-4-19(5-7-20)10-11-8-12(15(21)22)13(16(23)24)9-14(11)26-19/h8-9H,4-7,10H2,1-3H3,(H,21,22)(H,23,24). The Labute approximate surface area is 156 Å². The zero-order valence-corrected chi connectivity index (χ0v) is 15.6. The second-order valence-electron chi connectivity index (χ2n) is 8.05. The molecule has 0 aliphatic carbocycles. The van der Waals surface area contributed by atoms with Crippen LogP contribution in [0, 0.1) is 0 Å². The molecule has 8 nitrogen and oxygen atoms in total. The van der Waals surface area contributed by atoms with E-state index in [0.29, 0.717) is 43.7 Å². The number of amides is 1.